The maximum absolute atomic E-state index is 5.62. The Morgan fingerprint density at radius 3 is 2.96 bits per heavy atom. The van der Waals surface area contributed by atoms with E-state index in [-0.39, 0.29) is 24.0 Å². The molecule has 25 heavy (non-hydrogen) atoms. The summed E-state index contributed by atoms with van der Waals surface area (Å²) in [5.41, 5.74) is 1.09. The van der Waals surface area contributed by atoms with Crippen LogP contribution < -0.4 is 10.6 Å². The van der Waals surface area contributed by atoms with Crippen molar-refractivity contribution in [2.45, 2.75) is 32.3 Å². The van der Waals surface area contributed by atoms with Gasteiger partial charge in [-0.3, -0.25) is 4.99 Å². The first-order valence-electron chi connectivity index (χ1n) is 8.32. The maximum Gasteiger partial charge on any atom is 0.191 e. The van der Waals surface area contributed by atoms with Gasteiger partial charge in [0, 0.05) is 37.0 Å². The molecule has 1 fully saturated rings. The van der Waals surface area contributed by atoms with E-state index >= 15 is 0 Å². The summed E-state index contributed by atoms with van der Waals surface area (Å²) in [7, 11) is 1.80. The molecule has 8 heteroatoms. The monoisotopic (exact) mass is 492 g/mol. The SMILES string of the molecule is CN=C(NCCc1ccc(-c2csc(C)n2)s1)NCC1CCCO1.I. The predicted octanol–water partition coefficient (Wildman–Crippen LogP) is 3.68. The molecule has 1 aliphatic heterocycles. The molecule has 0 spiro atoms. The van der Waals surface area contributed by atoms with Crippen LogP contribution in [-0.4, -0.2) is 43.8 Å². The molecule has 3 rings (SSSR count). The average molecular weight is 492 g/mol. The van der Waals surface area contributed by atoms with Crippen LogP contribution in [0.15, 0.2) is 22.5 Å². The molecule has 0 aromatic carbocycles. The van der Waals surface area contributed by atoms with Gasteiger partial charge in [0.05, 0.1) is 21.7 Å². The van der Waals surface area contributed by atoms with Crippen LogP contribution in [0.3, 0.4) is 0 Å². The second kappa shape index (κ2) is 10.4. The highest BCUT2D eigenvalue weighted by molar-refractivity contribution is 14.0. The van der Waals surface area contributed by atoms with Gasteiger partial charge in [0.15, 0.2) is 5.96 Å². The number of nitrogens with one attached hydrogen (secondary N) is 2. The number of guanidine groups is 1. The normalized spacial score (nSPS) is 17.4. The van der Waals surface area contributed by atoms with Crippen molar-refractivity contribution in [2.75, 3.05) is 26.7 Å². The lowest BCUT2D eigenvalue weighted by molar-refractivity contribution is 0.114. The first kappa shape index (κ1) is 20.6. The lowest BCUT2D eigenvalue weighted by Gasteiger charge is -2.14. The number of ether oxygens (including phenoxy) is 1. The van der Waals surface area contributed by atoms with Crippen LogP contribution in [0.5, 0.6) is 0 Å². The quantitative estimate of drug-likeness (QED) is 0.367. The molecule has 1 aliphatic rings. The lowest BCUT2D eigenvalue weighted by atomic mass is 10.2. The van der Waals surface area contributed by atoms with Crippen LogP contribution in [0.2, 0.25) is 0 Å². The summed E-state index contributed by atoms with van der Waals surface area (Å²) in [4.78, 5) is 11.4. The van der Waals surface area contributed by atoms with E-state index in [0.717, 1.165) is 55.6 Å². The Balaban J connectivity index is 0.00000225. The Kier molecular flexibility index (Phi) is 8.60. The number of thiazole rings is 1. The molecule has 2 N–H and O–H groups in total. The zero-order chi connectivity index (χ0) is 16.8. The van der Waals surface area contributed by atoms with Crippen molar-refractivity contribution in [3.05, 3.63) is 27.4 Å². The molecular formula is C17H25IN4OS2. The Bertz CT molecular complexity index is 680. The second-order valence-electron chi connectivity index (χ2n) is 5.78. The molecule has 0 aliphatic carbocycles. The van der Waals surface area contributed by atoms with Crippen LogP contribution in [0, 0.1) is 6.92 Å². The number of aromatic nitrogens is 1. The molecule has 138 valence electrons. The summed E-state index contributed by atoms with van der Waals surface area (Å²) < 4.78 is 5.62. The van der Waals surface area contributed by atoms with Crippen molar-refractivity contribution >= 4 is 52.6 Å². The minimum absolute atomic E-state index is 0. The molecule has 2 aromatic heterocycles. The molecule has 0 amide bonds. The number of nitrogens with zero attached hydrogens (tertiary/aromatic N) is 2. The summed E-state index contributed by atoms with van der Waals surface area (Å²) in [6.07, 6.45) is 3.61. The van der Waals surface area contributed by atoms with Crippen LogP contribution in [0.25, 0.3) is 10.6 Å². The van der Waals surface area contributed by atoms with Gasteiger partial charge in [0.25, 0.3) is 0 Å². The van der Waals surface area contributed by atoms with Gasteiger partial charge in [-0.1, -0.05) is 0 Å². The van der Waals surface area contributed by atoms with E-state index in [2.05, 4.69) is 38.1 Å². The van der Waals surface area contributed by atoms with Gasteiger partial charge >= 0.3 is 0 Å². The molecule has 0 saturated carbocycles. The smallest absolute Gasteiger partial charge is 0.191 e. The number of halogens is 1. The fourth-order valence-corrected chi connectivity index (χ4v) is 4.32. The van der Waals surface area contributed by atoms with Gasteiger partial charge in [-0.05, 0) is 38.3 Å². The van der Waals surface area contributed by atoms with Crippen molar-refractivity contribution in [3.8, 4) is 10.6 Å². The second-order valence-corrected chi connectivity index (χ2v) is 8.01. The minimum atomic E-state index is 0. The Hall–Kier alpha value is -0.710. The van der Waals surface area contributed by atoms with Crippen molar-refractivity contribution < 1.29 is 4.74 Å². The number of hydrogen-bond acceptors (Lipinski definition) is 5. The third-order valence-electron chi connectivity index (χ3n) is 3.94. The predicted molar refractivity (Wildman–Crippen MR) is 118 cm³/mol. The highest BCUT2D eigenvalue weighted by Gasteiger charge is 2.15. The Morgan fingerprint density at radius 2 is 2.28 bits per heavy atom. The van der Waals surface area contributed by atoms with Gasteiger partial charge in [0.1, 0.15) is 0 Å². The summed E-state index contributed by atoms with van der Waals surface area (Å²) in [6, 6.07) is 4.36. The topological polar surface area (TPSA) is 58.5 Å². The molecule has 3 heterocycles. The fourth-order valence-electron chi connectivity index (χ4n) is 2.67. The molecule has 1 unspecified atom stereocenters. The van der Waals surface area contributed by atoms with Gasteiger partial charge in [-0.2, -0.15) is 0 Å². The van der Waals surface area contributed by atoms with Gasteiger partial charge < -0.3 is 15.4 Å². The van der Waals surface area contributed by atoms with Crippen molar-refractivity contribution in [1.29, 1.82) is 0 Å². The summed E-state index contributed by atoms with van der Waals surface area (Å²) in [5, 5.41) is 9.95. The first-order valence-corrected chi connectivity index (χ1v) is 10.0. The fraction of sp³-hybridized carbons (Fsp3) is 0.529. The zero-order valence-electron chi connectivity index (χ0n) is 14.6. The van der Waals surface area contributed by atoms with E-state index in [0.29, 0.717) is 6.10 Å². The zero-order valence-corrected chi connectivity index (χ0v) is 18.5. The number of aryl methyl sites for hydroxylation is 1. The number of aliphatic imine (C=N–C) groups is 1. The molecular weight excluding hydrogens is 467 g/mol. The lowest BCUT2D eigenvalue weighted by Crippen LogP contribution is -2.41. The average Bonchev–Trinajstić information content (AvgIpc) is 3.32. The van der Waals surface area contributed by atoms with E-state index in [1.54, 1.807) is 18.4 Å². The molecule has 0 bridgehead atoms. The summed E-state index contributed by atoms with van der Waals surface area (Å²) >= 11 is 3.51. The van der Waals surface area contributed by atoms with Crippen molar-refractivity contribution in [2.24, 2.45) is 4.99 Å². The van der Waals surface area contributed by atoms with Gasteiger partial charge in [-0.25, -0.2) is 4.98 Å². The molecule has 1 atom stereocenters. The highest BCUT2D eigenvalue weighted by atomic mass is 127. The van der Waals surface area contributed by atoms with E-state index in [1.807, 2.05) is 18.3 Å². The van der Waals surface area contributed by atoms with Crippen LogP contribution in [0.4, 0.5) is 0 Å². The van der Waals surface area contributed by atoms with E-state index < -0.39 is 0 Å². The molecule has 0 radical (unpaired) electrons. The number of hydrogen-bond donors (Lipinski definition) is 2. The summed E-state index contributed by atoms with van der Waals surface area (Å²) in [5.74, 6) is 0.845. The largest absolute Gasteiger partial charge is 0.376 e. The Morgan fingerprint density at radius 1 is 1.40 bits per heavy atom. The minimum Gasteiger partial charge on any atom is -0.376 e. The summed E-state index contributed by atoms with van der Waals surface area (Å²) in [6.45, 7) is 4.62. The highest BCUT2D eigenvalue weighted by Crippen LogP contribution is 2.29. The molecule has 2 aromatic rings. The maximum atomic E-state index is 5.62. The molecule has 5 nitrogen and oxygen atoms in total. The number of rotatable bonds is 6. The Labute approximate surface area is 174 Å². The third kappa shape index (κ3) is 6.19. The van der Waals surface area contributed by atoms with Gasteiger partial charge in [-0.15, -0.1) is 46.7 Å². The van der Waals surface area contributed by atoms with Gasteiger partial charge in [0.2, 0.25) is 0 Å². The van der Waals surface area contributed by atoms with Crippen molar-refractivity contribution in [3.63, 3.8) is 0 Å². The van der Waals surface area contributed by atoms with E-state index in [1.165, 1.54) is 9.75 Å². The van der Waals surface area contributed by atoms with E-state index in [4.69, 9.17) is 4.74 Å². The van der Waals surface area contributed by atoms with E-state index in [9.17, 15) is 0 Å². The van der Waals surface area contributed by atoms with Crippen LogP contribution in [-0.2, 0) is 11.2 Å². The standard InChI is InChI=1S/C17H24N4OS2.HI/c1-12-21-15(11-23-12)16-6-5-14(24-16)7-8-19-17(18-2)20-10-13-4-3-9-22-13;/h5-6,11,13H,3-4,7-10H2,1-2H3,(H2,18,19,20);1H. The number of thiophene rings is 1. The first-order chi connectivity index (χ1) is 11.7. The molecule has 1 saturated heterocycles. The van der Waals surface area contributed by atoms with Crippen molar-refractivity contribution in [1.82, 2.24) is 15.6 Å². The van der Waals surface area contributed by atoms with Crippen LogP contribution >= 0.6 is 46.7 Å². The van der Waals surface area contributed by atoms with Crippen LogP contribution in [0.1, 0.15) is 22.7 Å². The third-order valence-corrected chi connectivity index (χ3v) is 5.88.